The van der Waals surface area contributed by atoms with Gasteiger partial charge in [0, 0.05) is 59.9 Å². The van der Waals surface area contributed by atoms with E-state index in [0.717, 1.165) is 25.9 Å². The Balaban J connectivity index is 1.35. The normalized spacial score (nSPS) is 54.6. The molecule has 3 aliphatic heterocycles. The maximum absolute atomic E-state index is 13.0. The minimum absolute atomic E-state index is 0.0284. The average Bonchev–Trinajstić information content (AvgIpc) is 3.41. The molecule has 11 nitrogen and oxygen atoms in total. The first kappa shape index (κ1) is 34.6. The lowest BCUT2D eigenvalue weighted by molar-refractivity contribution is -0.322. The van der Waals surface area contributed by atoms with Crippen LogP contribution in [0.5, 0.6) is 0 Å². The van der Waals surface area contributed by atoms with Gasteiger partial charge in [-0.2, -0.15) is 0 Å². The summed E-state index contributed by atoms with van der Waals surface area (Å²) in [7, 11) is 0. The number of aliphatic hydroxyl groups excluding tert-OH is 2. The van der Waals surface area contributed by atoms with Crippen LogP contribution in [0.15, 0.2) is 23.3 Å². The van der Waals surface area contributed by atoms with E-state index >= 15 is 0 Å². The fraction of sp³-hybridized carbons (Fsp3) is 0.838. The zero-order valence-corrected chi connectivity index (χ0v) is 28.9. The molecule has 2 unspecified atom stereocenters. The molecule has 0 radical (unpaired) electrons. The molecular formula is C37H55NO10. The van der Waals surface area contributed by atoms with Crippen molar-refractivity contribution in [2.45, 2.75) is 127 Å². The van der Waals surface area contributed by atoms with Gasteiger partial charge in [-0.1, -0.05) is 32.9 Å². The van der Waals surface area contributed by atoms with E-state index in [0.29, 0.717) is 18.8 Å². The predicted molar refractivity (Wildman–Crippen MR) is 173 cm³/mol. The summed E-state index contributed by atoms with van der Waals surface area (Å²) < 4.78 is 6.96. The zero-order valence-electron chi connectivity index (χ0n) is 28.9. The molecule has 0 aromatic carbocycles. The molecule has 268 valence electrons. The standard InChI is InChI=1S/C37H55NO10/c1-18-6-7-24-21(4)27-23(17-38(24)16-18)22-15-36-29(28(22)35(46,30(27)40)11-9-20(3)32(43)44)25(39)14-26-33(36,5)12-13-34(45,37(26,47)48-36)10-8-19(2)31(41)42/h8-9,18,21-30,39-40,45-47H,6-7,10-17H2,1-5H3,(H,41,42)(H,43,44)/b19-8-,20-9-/t18-,21-,22-,23-,24-,25+,26?,27+,28-,29-,30+,33-,34-,35+,36?,37-/m0/s1. The third-order valence-electron chi connectivity index (χ3n) is 15.4. The number of nitrogens with zero attached hydrogens (tertiary/aromatic N) is 1. The number of aliphatic carboxylic acids is 2. The van der Waals surface area contributed by atoms with E-state index in [1.807, 2.05) is 0 Å². The highest BCUT2D eigenvalue weighted by Crippen LogP contribution is 2.78. The summed E-state index contributed by atoms with van der Waals surface area (Å²) in [4.78, 5) is 26.0. The molecule has 48 heavy (non-hydrogen) atoms. The van der Waals surface area contributed by atoms with Gasteiger partial charge in [-0.05, 0) is 88.4 Å². The largest absolute Gasteiger partial charge is 0.478 e. The van der Waals surface area contributed by atoms with Crippen LogP contribution in [0.25, 0.3) is 0 Å². The van der Waals surface area contributed by atoms with Crippen molar-refractivity contribution >= 4 is 11.9 Å². The van der Waals surface area contributed by atoms with Crippen LogP contribution in [-0.4, -0.2) is 107 Å². The summed E-state index contributed by atoms with van der Waals surface area (Å²) in [6.45, 7) is 11.1. The Morgan fingerprint density at radius 1 is 0.896 bits per heavy atom. The fourth-order valence-electron chi connectivity index (χ4n) is 12.9. The summed E-state index contributed by atoms with van der Waals surface area (Å²) >= 11 is 0. The van der Waals surface area contributed by atoms with E-state index in [1.165, 1.54) is 26.0 Å². The Hall–Kier alpha value is -1.86. The predicted octanol–water partition coefficient (Wildman–Crippen LogP) is 2.54. The topological polar surface area (TPSA) is 188 Å². The van der Waals surface area contributed by atoms with Crippen LogP contribution in [0.1, 0.15) is 86.0 Å². The SMILES string of the molecule is C/C(=C/C[C@@]1(O)[C@H]2[C@@H](CC34O[C@@]5(O)C(C[C@@H](O)[C@@H]23)[C@]4(C)CC[C@@]5(O)C/C=C(/C)C(=O)O)[C@@H]2CN3C[C@@H](C)CC[C@H]3[C@H](C)[C@H]2[C@H]1O)C(=O)O. The molecule has 7 rings (SSSR count). The van der Waals surface area contributed by atoms with Crippen LogP contribution in [0.4, 0.5) is 0 Å². The van der Waals surface area contributed by atoms with Crippen molar-refractivity contribution in [2.75, 3.05) is 13.1 Å². The third-order valence-corrected chi connectivity index (χ3v) is 15.4. The van der Waals surface area contributed by atoms with Crippen molar-refractivity contribution in [3.05, 3.63) is 23.3 Å². The van der Waals surface area contributed by atoms with E-state index in [2.05, 4.69) is 25.7 Å². The monoisotopic (exact) mass is 673 g/mol. The third kappa shape index (κ3) is 4.37. The maximum atomic E-state index is 13.0. The van der Waals surface area contributed by atoms with E-state index in [-0.39, 0.29) is 66.5 Å². The molecule has 7 aliphatic rings. The number of carbonyl (C=O) groups is 2. The van der Waals surface area contributed by atoms with Crippen LogP contribution >= 0.6 is 0 Å². The molecule has 7 N–H and O–H groups in total. The molecule has 0 aromatic heterocycles. The second-order valence-electron chi connectivity index (χ2n) is 17.4. The minimum atomic E-state index is -2.07. The Labute approximate surface area is 282 Å². The Morgan fingerprint density at radius 2 is 1.54 bits per heavy atom. The molecule has 4 aliphatic carbocycles. The van der Waals surface area contributed by atoms with Gasteiger partial charge in [0.2, 0.25) is 0 Å². The molecule has 3 heterocycles. The van der Waals surface area contributed by atoms with Crippen molar-refractivity contribution in [3.8, 4) is 0 Å². The van der Waals surface area contributed by atoms with Gasteiger partial charge in [-0.25, -0.2) is 9.59 Å². The maximum Gasteiger partial charge on any atom is 0.330 e. The van der Waals surface area contributed by atoms with E-state index in [1.54, 1.807) is 0 Å². The molecule has 4 bridgehead atoms. The van der Waals surface area contributed by atoms with Gasteiger partial charge in [0.25, 0.3) is 0 Å². The van der Waals surface area contributed by atoms with Gasteiger partial charge in [-0.3, -0.25) is 4.90 Å². The lowest BCUT2D eigenvalue weighted by atomic mass is 9.47. The molecule has 4 saturated carbocycles. The summed E-state index contributed by atoms with van der Waals surface area (Å²) in [6, 6.07) is 0.267. The van der Waals surface area contributed by atoms with Crippen molar-refractivity contribution in [2.24, 2.45) is 52.8 Å². The van der Waals surface area contributed by atoms with Crippen LogP contribution in [0, 0.1) is 52.8 Å². The highest BCUT2D eigenvalue weighted by molar-refractivity contribution is 5.86. The molecule has 7 fully saturated rings. The number of carboxylic acids is 2. The Kier molecular flexibility index (Phi) is 7.97. The number of aliphatic hydroxyl groups is 5. The number of hydrogen-bond donors (Lipinski definition) is 7. The van der Waals surface area contributed by atoms with Crippen LogP contribution < -0.4 is 0 Å². The summed E-state index contributed by atoms with van der Waals surface area (Å²) in [6.07, 6.45) is 3.78. The molecule has 0 aromatic rings. The van der Waals surface area contributed by atoms with E-state index < -0.39 is 69.9 Å². The van der Waals surface area contributed by atoms with Crippen LogP contribution in [-0.2, 0) is 14.3 Å². The van der Waals surface area contributed by atoms with Crippen molar-refractivity contribution in [1.29, 1.82) is 0 Å². The second-order valence-corrected chi connectivity index (χ2v) is 17.4. The Bertz CT molecular complexity index is 1430. The van der Waals surface area contributed by atoms with Gasteiger partial charge >= 0.3 is 11.9 Å². The van der Waals surface area contributed by atoms with E-state index in [9.17, 15) is 45.3 Å². The quantitative estimate of drug-likeness (QED) is 0.205. The van der Waals surface area contributed by atoms with Gasteiger partial charge in [0.1, 0.15) is 5.60 Å². The van der Waals surface area contributed by atoms with Crippen LogP contribution in [0.3, 0.4) is 0 Å². The van der Waals surface area contributed by atoms with Crippen molar-refractivity contribution in [1.82, 2.24) is 4.90 Å². The van der Waals surface area contributed by atoms with Crippen molar-refractivity contribution in [3.63, 3.8) is 0 Å². The highest BCUT2D eigenvalue weighted by atomic mass is 16.7. The van der Waals surface area contributed by atoms with Crippen LogP contribution in [0.2, 0.25) is 0 Å². The number of fused-ring (bicyclic) bond motifs is 5. The first-order valence-electron chi connectivity index (χ1n) is 18.1. The zero-order chi connectivity index (χ0) is 34.9. The fourth-order valence-corrected chi connectivity index (χ4v) is 12.9. The number of hydrogen-bond acceptors (Lipinski definition) is 9. The lowest BCUT2D eigenvalue weighted by Gasteiger charge is -2.62. The summed E-state index contributed by atoms with van der Waals surface area (Å²) in [5.74, 6) is -6.15. The number of ether oxygens (including phenoxy) is 1. The molecule has 1 spiro atoms. The van der Waals surface area contributed by atoms with Gasteiger partial charge in [0.05, 0.1) is 23.4 Å². The molecule has 0 amide bonds. The summed E-state index contributed by atoms with van der Waals surface area (Å²) in [5, 5.41) is 81.4. The van der Waals surface area contributed by atoms with Crippen molar-refractivity contribution < 1.29 is 50.1 Å². The minimum Gasteiger partial charge on any atom is -0.478 e. The highest BCUT2D eigenvalue weighted by Gasteiger charge is 2.85. The first-order chi connectivity index (χ1) is 22.3. The average molecular weight is 674 g/mol. The molecule has 11 heteroatoms. The molecular weight excluding hydrogens is 618 g/mol. The van der Waals surface area contributed by atoms with Gasteiger partial charge < -0.3 is 40.5 Å². The Morgan fingerprint density at radius 3 is 2.19 bits per heavy atom. The lowest BCUT2D eigenvalue weighted by Crippen LogP contribution is -2.70. The molecule has 3 saturated heterocycles. The second kappa shape index (κ2) is 11.1. The smallest absolute Gasteiger partial charge is 0.330 e. The van der Waals surface area contributed by atoms with Gasteiger partial charge in [-0.15, -0.1) is 0 Å². The van der Waals surface area contributed by atoms with E-state index in [4.69, 9.17) is 4.74 Å². The number of piperidine rings is 2. The summed E-state index contributed by atoms with van der Waals surface area (Å²) in [5.41, 5.74) is -5.26. The molecule has 16 atom stereocenters. The number of rotatable bonds is 6. The van der Waals surface area contributed by atoms with Gasteiger partial charge in [0.15, 0.2) is 5.79 Å². The first-order valence-corrected chi connectivity index (χ1v) is 18.1. The number of carboxylic acid groups (broad SMARTS) is 2.